The first kappa shape index (κ1) is 16.6. The average Bonchev–Trinajstić information content (AvgIpc) is 2.41. The van der Waals surface area contributed by atoms with Gasteiger partial charge >= 0.3 is 12.1 Å². The van der Waals surface area contributed by atoms with Gasteiger partial charge < -0.3 is 14.7 Å². The largest absolute Gasteiger partial charge is 0.490 e. The number of benzene rings is 1. The van der Waals surface area contributed by atoms with Gasteiger partial charge in [0.2, 0.25) is 0 Å². The maximum Gasteiger partial charge on any atom is 0.419 e. The van der Waals surface area contributed by atoms with Crippen LogP contribution in [-0.2, 0) is 17.4 Å². The number of carbonyl (C=O) groups is 1. The van der Waals surface area contributed by atoms with Gasteiger partial charge in [-0.05, 0) is 37.6 Å². The third kappa shape index (κ3) is 4.37. The zero-order valence-corrected chi connectivity index (χ0v) is 12.2. The van der Waals surface area contributed by atoms with E-state index in [1.54, 1.807) is 0 Å². The molecule has 0 spiro atoms. The fourth-order valence-corrected chi connectivity index (χ4v) is 2.47. The molecule has 0 unspecified atom stereocenters. The van der Waals surface area contributed by atoms with Crippen molar-refractivity contribution < 1.29 is 27.8 Å². The topological polar surface area (TPSA) is 49.8 Å². The first-order chi connectivity index (χ1) is 10.3. The van der Waals surface area contributed by atoms with Crippen molar-refractivity contribution in [2.75, 3.05) is 20.1 Å². The van der Waals surface area contributed by atoms with Crippen molar-refractivity contribution in [1.29, 1.82) is 0 Å². The van der Waals surface area contributed by atoms with Crippen molar-refractivity contribution in [2.45, 2.75) is 31.5 Å². The number of carboxylic acid groups (broad SMARTS) is 1. The van der Waals surface area contributed by atoms with Crippen molar-refractivity contribution in [3.05, 3.63) is 29.3 Å². The van der Waals surface area contributed by atoms with E-state index in [1.165, 1.54) is 12.1 Å². The fourth-order valence-electron chi connectivity index (χ4n) is 2.47. The molecule has 0 bridgehead atoms. The van der Waals surface area contributed by atoms with E-state index >= 15 is 0 Å². The summed E-state index contributed by atoms with van der Waals surface area (Å²) in [5, 5.41) is 8.70. The van der Waals surface area contributed by atoms with Gasteiger partial charge in [0.05, 0.1) is 12.0 Å². The average molecular weight is 317 g/mol. The minimum absolute atomic E-state index is 0.107. The predicted octanol–water partition coefficient (Wildman–Crippen LogP) is 2.81. The summed E-state index contributed by atoms with van der Waals surface area (Å²) in [5.41, 5.74) is -0.805. The predicted molar refractivity (Wildman–Crippen MR) is 73.9 cm³/mol. The van der Waals surface area contributed by atoms with E-state index in [0.717, 1.165) is 19.2 Å². The first-order valence-corrected chi connectivity index (χ1v) is 7.03. The van der Waals surface area contributed by atoms with Crippen molar-refractivity contribution in [2.24, 2.45) is 0 Å². The van der Waals surface area contributed by atoms with Crippen molar-refractivity contribution >= 4 is 5.97 Å². The second-order valence-electron chi connectivity index (χ2n) is 5.52. The molecule has 1 aromatic carbocycles. The number of carboxylic acids is 1. The highest BCUT2D eigenvalue weighted by molar-refractivity contribution is 5.70. The minimum Gasteiger partial charge on any atom is -0.490 e. The van der Waals surface area contributed by atoms with Gasteiger partial charge in [-0.1, -0.05) is 6.07 Å². The van der Waals surface area contributed by atoms with Crippen LogP contribution >= 0.6 is 0 Å². The molecular weight excluding hydrogens is 299 g/mol. The normalized spacial score (nSPS) is 17.5. The first-order valence-electron chi connectivity index (χ1n) is 7.03. The van der Waals surface area contributed by atoms with Gasteiger partial charge in [-0.15, -0.1) is 0 Å². The van der Waals surface area contributed by atoms with Gasteiger partial charge in [-0.3, -0.25) is 4.79 Å². The smallest absolute Gasteiger partial charge is 0.419 e. The zero-order chi connectivity index (χ0) is 16.3. The summed E-state index contributed by atoms with van der Waals surface area (Å²) >= 11 is 0. The van der Waals surface area contributed by atoms with Gasteiger partial charge in [0, 0.05) is 13.1 Å². The van der Waals surface area contributed by atoms with E-state index in [2.05, 4.69) is 4.90 Å². The summed E-state index contributed by atoms with van der Waals surface area (Å²) in [6.45, 7) is 1.56. The molecular formula is C15H18F3NO3. The number of likely N-dealkylation sites (tertiary alicyclic amines) is 1. The van der Waals surface area contributed by atoms with Crippen LogP contribution in [0.25, 0.3) is 0 Å². The summed E-state index contributed by atoms with van der Waals surface area (Å²) in [6, 6.07) is 3.45. The van der Waals surface area contributed by atoms with E-state index in [4.69, 9.17) is 9.84 Å². The lowest BCUT2D eigenvalue weighted by Crippen LogP contribution is -2.36. The van der Waals surface area contributed by atoms with Crippen LogP contribution in [0, 0.1) is 0 Å². The molecule has 122 valence electrons. The number of ether oxygens (including phenoxy) is 1. The molecule has 1 heterocycles. The molecule has 0 amide bonds. The molecule has 0 atom stereocenters. The lowest BCUT2D eigenvalue weighted by molar-refractivity contribution is -0.140. The van der Waals surface area contributed by atoms with Crippen molar-refractivity contribution in [3.63, 3.8) is 0 Å². The molecule has 0 radical (unpaired) electrons. The second kappa shape index (κ2) is 6.56. The Balaban J connectivity index is 2.20. The SMILES string of the molecule is CN1CCC(Oc2ccc(CC(=O)O)cc2C(F)(F)F)CC1. The molecule has 0 saturated carbocycles. The number of nitrogens with zero attached hydrogens (tertiary/aromatic N) is 1. The molecule has 0 aliphatic carbocycles. The zero-order valence-electron chi connectivity index (χ0n) is 12.2. The quantitative estimate of drug-likeness (QED) is 0.928. The molecule has 22 heavy (non-hydrogen) atoms. The summed E-state index contributed by atoms with van der Waals surface area (Å²) in [4.78, 5) is 12.7. The monoisotopic (exact) mass is 317 g/mol. The Hall–Kier alpha value is -1.76. The molecule has 7 heteroatoms. The Kier molecular flexibility index (Phi) is 4.95. The lowest BCUT2D eigenvalue weighted by Gasteiger charge is -2.30. The summed E-state index contributed by atoms with van der Waals surface area (Å²) < 4.78 is 45.0. The Bertz CT molecular complexity index is 537. The molecule has 1 aliphatic heterocycles. The number of alkyl halides is 3. The highest BCUT2D eigenvalue weighted by Gasteiger charge is 2.35. The van der Waals surface area contributed by atoms with Gasteiger partial charge in [0.1, 0.15) is 11.9 Å². The number of halogens is 3. The van der Waals surface area contributed by atoms with Crippen LogP contribution in [0.3, 0.4) is 0 Å². The molecule has 1 saturated heterocycles. The lowest BCUT2D eigenvalue weighted by atomic mass is 10.1. The third-order valence-electron chi connectivity index (χ3n) is 3.66. The molecule has 1 aromatic rings. The summed E-state index contributed by atoms with van der Waals surface area (Å²) in [6.07, 6.45) is -3.93. The van der Waals surface area contributed by atoms with Crippen LogP contribution in [0.1, 0.15) is 24.0 Å². The van der Waals surface area contributed by atoms with Gasteiger partial charge in [-0.2, -0.15) is 13.2 Å². The van der Waals surface area contributed by atoms with Crippen LogP contribution in [0.4, 0.5) is 13.2 Å². The van der Waals surface area contributed by atoms with E-state index in [1.807, 2.05) is 7.05 Å². The Morgan fingerprint density at radius 1 is 1.36 bits per heavy atom. The number of hydrogen-bond acceptors (Lipinski definition) is 3. The second-order valence-corrected chi connectivity index (χ2v) is 5.52. The van der Waals surface area contributed by atoms with Gasteiger partial charge in [-0.25, -0.2) is 0 Å². The summed E-state index contributed by atoms with van der Waals surface area (Å²) in [7, 11) is 1.96. The van der Waals surface area contributed by atoms with Crippen LogP contribution in [0.15, 0.2) is 18.2 Å². The van der Waals surface area contributed by atoms with Crippen LogP contribution < -0.4 is 4.74 Å². The minimum atomic E-state index is -4.57. The number of piperidine rings is 1. The van der Waals surface area contributed by atoms with E-state index in [-0.39, 0.29) is 17.4 Å². The maximum absolute atomic E-state index is 13.1. The van der Waals surface area contributed by atoms with Crippen LogP contribution in [0.2, 0.25) is 0 Å². The van der Waals surface area contributed by atoms with Crippen LogP contribution in [0.5, 0.6) is 5.75 Å². The fraction of sp³-hybridized carbons (Fsp3) is 0.533. The molecule has 1 N–H and O–H groups in total. The van der Waals surface area contributed by atoms with Gasteiger partial charge in [0.15, 0.2) is 0 Å². The molecule has 2 rings (SSSR count). The summed E-state index contributed by atoms with van der Waals surface area (Å²) in [5.74, 6) is -1.40. The third-order valence-corrected chi connectivity index (χ3v) is 3.66. The number of rotatable bonds is 4. The molecule has 0 aromatic heterocycles. The maximum atomic E-state index is 13.1. The standard InChI is InChI=1S/C15H18F3NO3/c1-19-6-4-11(5-7-19)22-13-3-2-10(9-14(20)21)8-12(13)15(16,17)18/h2-3,8,11H,4-7,9H2,1H3,(H,20,21). The highest BCUT2D eigenvalue weighted by Crippen LogP contribution is 2.38. The van der Waals surface area contributed by atoms with Crippen LogP contribution in [-0.4, -0.2) is 42.2 Å². The highest BCUT2D eigenvalue weighted by atomic mass is 19.4. The Morgan fingerprint density at radius 3 is 2.55 bits per heavy atom. The van der Waals surface area contributed by atoms with E-state index < -0.39 is 24.1 Å². The van der Waals surface area contributed by atoms with E-state index in [0.29, 0.717) is 12.8 Å². The molecule has 1 fully saturated rings. The molecule has 4 nitrogen and oxygen atoms in total. The Morgan fingerprint density at radius 2 is 2.00 bits per heavy atom. The van der Waals surface area contributed by atoms with Crippen molar-refractivity contribution in [1.82, 2.24) is 4.90 Å². The Labute approximate surface area is 126 Å². The number of aliphatic carboxylic acids is 1. The molecule has 1 aliphatic rings. The number of hydrogen-bond donors (Lipinski definition) is 1. The van der Waals surface area contributed by atoms with Crippen molar-refractivity contribution in [3.8, 4) is 5.75 Å². The van der Waals surface area contributed by atoms with Gasteiger partial charge in [0.25, 0.3) is 0 Å². The van der Waals surface area contributed by atoms with E-state index in [9.17, 15) is 18.0 Å².